The van der Waals surface area contributed by atoms with Crippen molar-refractivity contribution in [3.8, 4) is 0 Å². The highest BCUT2D eigenvalue weighted by molar-refractivity contribution is 5.97. The lowest BCUT2D eigenvalue weighted by atomic mass is 10.0. The molecule has 0 spiro atoms. The van der Waals surface area contributed by atoms with Gasteiger partial charge >= 0.3 is 0 Å². The van der Waals surface area contributed by atoms with Gasteiger partial charge in [-0.2, -0.15) is 4.57 Å². The average Bonchev–Trinajstić information content (AvgIpc) is 2.42. The van der Waals surface area contributed by atoms with E-state index in [-0.39, 0.29) is 35.8 Å². The lowest BCUT2D eigenvalue weighted by Crippen LogP contribution is -3.00. The Labute approximate surface area is 125 Å². The van der Waals surface area contributed by atoms with E-state index in [1.807, 2.05) is 72.4 Å². The molecule has 0 amide bonds. The van der Waals surface area contributed by atoms with Crippen LogP contribution in [0.3, 0.4) is 0 Å². The third-order valence-electron chi connectivity index (χ3n) is 2.85. The quantitative estimate of drug-likeness (QED) is 0.424. The molecule has 0 aliphatic heterocycles. The maximum Gasteiger partial charge on any atom is 0.230 e. The van der Waals surface area contributed by atoms with Gasteiger partial charge in [0.05, 0.1) is 0 Å². The van der Waals surface area contributed by atoms with Crippen LogP contribution in [0.1, 0.15) is 29.7 Å². The molecule has 1 atom stereocenters. The number of aromatic nitrogens is 1. The number of pyridine rings is 1. The molecule has 0 aliphatic carbocycles. The second-order valence-electron chi connectivity index (χ2n) is 3.98. The molecule has 0 fully saturated rings. The molecular formula is C15H16INO. The summed E-state index contributed by atoms with van der Waals surface area (Å²) >= 11 is 0. The summed E-state index contributed by atoms with van der Waals surface area (Å²) in [6.07, 6.45) is 4.67. The van der Waals surface area contributed by atoms with Crippen LogP contribution in [-0.4, -0.2) is 5.78 Å². The molecule has 0 bridgehead atoms. The van der Waals surface area contributed by atoms with E-state index in [9.17, 15) is 4.79 Å². The van der Waals surface area contributed by atoms with Crippen LogP contribution in [0, 0.1) is 0 Å². The number of rotatable bonds is 4. The Morgan fingerprint density at radius 1 is 1.06 bits per heavy atom. The summed E-state index contributed by atoms with van der Waals surface area (Å²) in [5.74, 6) is 0.171. The number of Topliss-reactive ketones (excluding diaryl/α,β-unsaturated/α-hetero) is 1. The van der Waals surface area contributed by atoms with Crippen LogP contribution in [0.4, 0.5) is 0 Å². The molecule has 2 rings (SSSR count). The molecule has 1 unspecified atom stereocenters. The van der Waals surface area contributed by atoms with Gasteiger partial charge in [-0.05, 0) is 0 Å². The Hall–Kier alpha value is -1.23. The zero-order chi connectivity index (χ0) is 12.1. The Morgan fingerprint density at radius 2 is 1.61 bits per heavy atom. The summed E-state index contributed by atoms with van der Waals surface area (Å²) in [5.41, 5.74) is 0.774. The highest BCUT2D eigenvalue weighted by Gasteiger charge is 2.25. The topological polar surface area (TPSA) is 20.9 Å². The lowest BCUT2D eigenvalue weighted by Gasteiger charge is -2.08. The zero-order valence-corrected chi connectivity index (χ0v) is 12.4. The van der Waals surface area contributed by atoms with Gasteiger partial charge in [-0.3, -0.25) is 4.79 Å². The number of ketones is 1. The van der Waals surface area contributed by atoms with Gasteiger partial charge in [-0.25, -0.2) is 0 Å². The smallest absolute Gasteiger partial charge is 0.230 e. The number of nitrogens with zero attached hydrogens (tertiary/aromatic N) is 1. The molecule has 0 aliphatic rings. The number of halogens is 1. The van der Waals surface area contributed by atoms with E-state index in [0.717, 1.165) is 12.0 Å². The first-order valence-electron chi connectivity index (χ1n) is 5.88. The van der Waals surface area contributed by atoms with Crippen molar-refractivity contribution in [2.45, 2.75) is 19.4 Å². The largest absolute Gasteiger partial charge is 1.00 e. The van der Waals surface area contributed by atoms with Crippen LogP contribution in [0.5, 0.6) is 0 Å². The first kappa shape index (κ1) is 14.8. The van der Waals surface area contributed by atoms with Crippen molar-refractivity contribution < 1.29 is 33.3 Å². The molecule has 0 radical (unpaired) electrons. The highest BCUT2D eigenvalue weighted by Crippen LogP contribution is 2.12. The summed E-state index contributed by atoms with van der Waals surface area (Å²) in [5, 5.41) is 0. The third kappa shape index (κ3) is 3.38. The molecule has 2 aromatic rings. The molecule has 2 nitrogen and oxygen atoms in total. The van der Waals surface area contributed by atoms with E-state index < -0.39 is 0 Å². The van der Waals surface area contributed by atoms with E-state index in [0.29, 0.717) is 0 Å². The monoisotopic (exact) mass is 353 g/mol. The molecule has 0 N–H and O–H groups in total. The van der Waals surface area contributed by atoms with Crippen molar-refractivity contribution in [1.29, 1.82) is 0 Å². The predicted molar refractivity (Wildman–Crippen MR) is 66.7 cm³/mol. The van der Waals surface area contributed by atoms with E-state index in [2.05, 4.69) is 0 Å². The minimum atomic E-state index is -0.112. The summed E-state index contributed by atoms with van der Waals surface area (Å²) in [6.45, 7) is 2.03. The molecule has 0 saturated heterocycles. The standard InChI is InChI=1S/C15H16NO.HI/c1-2-14(16-11-7-4-8-12-16)15(17)13-9-5-3-6-10-13;/h3-12,14H,2H2,1H3;1H/q+1;/p-1. The molecule has 94 valence electrons. The van der Waals surface area contributed by atoms with Crippen molar-refractivity contribution in [1.82, 2.24) is 0 Å². The van der Waals surface area contributed by atoms with Gasteiger partial charge < -0.3 is 24.0 Å². The van der Waals surface area contributed by atoms with Crippen LogP contribution in [0.25, 0.3) is 0 Å². The van der Waals surface area contributed by atoms with Gasteiger partial charge in [0.25, 0.3) is 0 Å². The van der Waals surface area contributed by atoms with E-state index in [1.54, 1.807) is 0 Å². The minimum Gasteiger partial charge on any atom is -1.00 e. The van der Waals surface area contributed by atoms with Crippen molar-refractivity contribution >= 4 is 5.78 Å². The van der Waals surface area contributed by atoms with Crippen molar-refractivity contribution in [3.63, 3.8) is 0 Å². The van der Waals surface area contributed by atoms with E-state index in [1.165, 1.54) is 0 Å². The zero-order valence-electron chi connectivity index (χ0n) is 10.3. The van der Waals surface area contributed by atoms with Gasteiger partial charge in [-0.15, -0.1) is 0 Å². The average molecular weight is 353 g/mol. The van der Waals surface area contributed by atoms with Gasteiger partial charge in [-0.1, -0.05) is 43.3 Å². The molecule has 18 heavy (non-hydrogen) atoms. The number of benzene rings is 1. The Morgan fingerprint density at radius 3 is 2.17 bits per heavy atom. The number of carbonyl (C=O) groups excluding carboxylic acids is 1. The maximum absolute atomic E-state index is 12.4. The fourth-order valence-electron chi connectivity index (χ4n) is 1.95. The predicted octanol–water partition coefficient (Wildman–Crippen LogP) is -0.188. The highest BCUT2D eigenvalue weighted by atomic mass is 127. The Kier molecular flexibility index (Phi) is 5.98. The number of carbonyl (C=O) groups is 1. The van der Waals surface area contributed by atoms with Crippen LogP contribution >= 0.6 is 0 Å². The van der Waals surface area contributed by atoms with E-state index in [4.69, 9.17) is 0 Å². The minimum absolute atomic E-state index is 0. The second-order valence-corrected chi connectivity index (χ2v) is 3.98. The number of hydrogen-bond donors (Lipinski definition) is 0. The summed E-state index contributed by atoms with van der Waals surface area (Å²) < 4.78 is 1.97. The molecule has 1 aromatic carbocycles. The molecule has 1 heterocycles. The first-order valence-corrected chi connectivity index (χ1v) is 5.88. The van der Waals surface area contributed by atoms with Gasteiger partial charge in [0.2, 0.25) is 11.8 Å². The summed E-state index contributed by atoms with van der Waals surface area (Å²) in [4.78, 5) is 12.4. The van der Waals surface area contributed by atoms with Crippen LogP contribution in [0.15, 0.2) is 60.9 Å². The lowest BCUT2D eigenvalue weighted by molar-refractivity contribution is -0.708. The molecular weight excluding hydrogens is 337 g/mol. The van der Waals surface area contributed by atoms with E-state index >= 15 is 0 Å². The molecule has 1 aromatic heterocycles. The summed E-state index contributed by atoms with van der Waals surface area (Å²) in [6, 6.07) is 15.2. The Balaban J connectivity index is 0.00000162. The van der Waals surface area contributed by atoms with Gasteiger partial charge in [0.1, 0.15) is 0 Å². The molecule has 3 heteroatoms. The van der Waals surface area contributed by atoms with Crippen molar-refractivity contribution in [2.24, 2.45) is 0 Å². The maximum atomic E-state index is 12.4. The SMILES string of the molecule is CCC(C(=O)c1ccccc1)[n+]1ccccc1.[I-]. The second kappa shape index (κ2) is 7.26. The first-order chi connectivity index (χ1) is 8.33. The summed E-state index contributed by atoms with van der Waals surface area (Å²) in [7, 11) is 0. The Bertz CT molecular complexity index is 484. The van der Waals surface area contributed by atoms with Crippen LogP contribution in [-0.2, 0) is 0 Å². The van der Waals surface area contributed by atoms with Crippen molar-refractivity contribution in [3.05, 3.63) is 66.5 Å². The molecule has 0 saturated carbocycles. The van der Waals surface area contributed by atoms with Gasteiger partial charge in [0.15, 0.2) is 12.4 Å². The van der Waals surface area contributed by atoms with Crippen LogP contribution < -0.4 is 28.5 Å². The fraction of sp³-hybridized carbons (Fsp3) is 0.200. The normalized spacial score (nSPS) is 11.4. The van der Waals surface area contributed by atoms with Gasteiger partial charge in [0, 0.05) is 24.1 Å². The number of hydrogen-bond acceptors (Lipinski definition) is 1. The fourth-order valence-corrected chi connectivity index (χ4v) is 1.95. The van der Waals surface area contributed by atoms with Crippen LogP contribution in [0.2, 0.25) is 0 Å². The third-order valence-corrected chi connectivity index (χ3v) is 2.85. The van der Waals surface area contributed by atoms with Crippen molar-refractivity contribution in [2.75, 3.05) is 0 Å².